The molecule has 5 nitrogen and oxygen atoms in total. The number of benzene rings is 1. The minimum Gasteiger partial charge on any atom is -0.490 e. The first-order valence-corrected chi connectivity index (χ1v) is 8.29. The molecule has 1 amide bonds. The van der Waals surface area contributed by atoms with E-state index in [0.29, 0.717) is 25.3 Å². The Bertz CT molecular complexity index is 667. The van der Waals surface area contributed by atoms with Crippen molar-refractivity contribution in [2.75, 3.05) is 13.1 Å². The number of amides is 1. The summed E-state index contributed by atoms with van der Waals surface area (Å²) < 4.78 is 20.9. The van der Waals surface area contributed by atoms with Crippen molar-refractivity contribution in [2.45, 2.75) is 38.3 Å². The van der Waals surface area contributed by atoms with Crippen LogP contribution < -0.4 is 4.74 Å². The lowest BCUT2D eigenvalue weighted by molar-refractivity contribution is -0.133. The number of carbonyl (C=O) groups excluding carboxylic acids is 1. The number of halogens is 1. The Labute approximate surface area is 141 Å². The maximum atomic E-state index is 13.2. The van der Waals surface area contributed by atoms with Gasteiger partial charge >= 0.3 is 0 Å². The largest absolute Gasteiger partial charge is 0.490 e. The summed E-state index contributed by atoms with van der Waals surface area (Å²) in [5.41, 5.74) is 0. The highest BCUT2D eigenvalue weighted by molar-refractivity contribution is 5.76. The number of imidazole rings is 1. The second-order valence-electron chi connectivity index (χ2n) is 6.22. The molecule has 0 aliphatic carbocycles. The van der Waals surface area contributed by atoms with Crippen molar-refractivity contribution in [3.63, 3.8) is 0 Å². The van der Waals surface area contributed by atoms with E-state index in [2.05, 4.69) is 4.98 Å². The third-order valence-electron chi connectivity index (χ3n) is 4.40. The summed E-state index contributed by atoms with van der Waals surface area (Å²) in [4.78, 5) is 18.3. The SMILES string of the molecule is CC(CC(=O)N1CCC(Oc2cccc(F)c2)CC1)n1ccnc1. The smallest absolute Gasteiger partial charge is 0.224 e. The van der Waals surface area contributed by atoms with Crippen LogP contribution in [-0.2, 0) is 4.79 Å². The highest BCUT2D eigenvalue weighted by Crippen LogP contribution is 2.21. The Morgan fingerprint density at radius 3 is 2.88 bits per heavy atom. The van der Waals surface area contributed by atoms with Gasteiger partial charge in [0, 0.05) is 56.9 Å². The highest BCUT2D eigenvalue weighted by atomic mass is 19.1. The van der Waals surface area contributed by atoms with Gasteiger partial charge in [0.25, 0.3) is 0 Å². The normalized spacial score (nSPS) is 16.8. The van der Waals surface area contributed by atoms with E-state index in [1.54, 1.807) is 24.7 Å². The van der Waals surface area contributed by atoms with E-state index in [1.807, 2.05) is 22.6 Å². The van der Waals surface area contributed by atoms with Crippen LogP contribution in [0.3, 0.4) is 0 Å². The molecule has 128 valence electrons. The van der Waals surface area contributed by atoms with Crippen LogP contribution in [0.1, 0.15) is 32.2 Å². The molecule has 1 unspecified atom stereocenters. The summed E-state index contributed by atoms with van der Waals surface area (Å²) in [5.74, 6) is 0.405. The maximum Gasteiger partial charge on any atom is 0.224 e. The van der Waals surface area contributed by atoms with Crippen molar-refractivity contribution < 1.29 is 13.9 Å². The molecule has 1 saturated heterocycles. The van der Waals surface area contributed by atoms with Gasteiger partial charge in [-0.25, -0.2) is 9.37 Å². The first-order valence-electron chi connectivity index (χ1n) is 8.29. The molecule has 1 aliphatic rings. The fourth-order valence-electron chi connectivity index (χ4n) is 2.97. The maximum absolute atomic E-state index is 13.2. The number of likely N-dealkylation sites (tertiary alicyclic amines) is 1. The molecular weight excluding hydrogens is 309 g/mol. The Hall–Kier alpha value is -2.37. The van der Waals surface area contributed by atoms with Gasteiger partial charge in [-0.05, 0) is 19.1 Å². The summed E-state index contributed by atoms with van der Waals surface area (Å²) in [7, 11) is 0. The Morgan fingerprint density at radius 1 is 1.42 bits per heavy atom. The van der Waals surface area contributed by atoms with Gasteiger partial charge < -0.3 is 14.2 Å². The molecule has 0 saturated carbocycles. The van der Waals surface area contributed by atoms with E-state index < -0.39 is 0 Å². The van der Waals surface area contributed by atoms with Crippen molar-refractivity contribution in [2.24, 2.45) is 0 Å². The molecule has 0 bridgehead atoms. The summed E-state index contributed by atoms with van der Waals surface area (Å²) in [6.45, 7) is 3.37. The van der Waals surface area contributed by atoms with E-state index in [4.69, 9.17) is 4.74 Å². The summed E-state index contributed by atoms with van der Waals surface area (Å²) in [5, 5.41) is 0. The molecule has 0 N–H and O–H groups in total. The fraction of sp³-hybridized carbons (Fsp3) is 0.444. The van der Waals surface area contributed by atoms with Crippen LogP contribution >= 0.6 is 0 Å². The number of hydrogen-bond donors (Lipinski definition) is 0. The third-order valence-corrected chi connectivity index (χ3v) is 4.40. The average molecular weight is 331 g/mol. The number of carbonyl (C=O) groups is 1. The van der Waals surface area contributed by atoms with Crippen molar-refractivity contribution in [3.8, 4) is 5.75 Å². The number of aromatic nitrogens is 2. The van der Waals surface area contributed by atoms with Crippen molar-refractivity contribution in [1.82, 2.24) is 14.5 Å². The van der Waals surface area contributed by atoms with E-state index in [9.17, 15) is 9.18 Å². The number of nitrogens with zero attached hydrogens (tertiary/aromatic N) is 3. The summed E-state index contributed by atoms with van der Waals surface area (Å²) in [6.07, 6.45) is 7.35. The molecule has 6 heteroatoms. The molecular formula is C18H22FN3O2. The van der Waals surface area contributed by atoms with Gasteiger partial charge in [-0.15, -0.1) is 0 Å². The van der Waals surface area contributed by atoms with Crippen LogP contribution in [0.5, 0.6) is 5.75 Å². The predicted molar refractivity (Wildman–Crippen MR) is 88.2 cm³/mol. The fourth-order valence-corrected chi connectivity index (χ4v) is 2.97. The molecule has 0 radical (unpaired) electrons. The Morgan fingerprint density at radius 2 is 2.21 bits per heavy atom. The van der Waals surface area contributed by atoms with Crippen LogP contribution in [0.4, 0.5) is 4.39 Å². The zero-order valence-corrected chi connectivity index (χ0v) is 13.8. The van der Waals surface area contributed by atoms with E-state index in [1.165, 1.54) is 12.1 Å². The molecule has 2 heterocycles. The van der Waals surface area contributed by atoms with Gasteiger partial charge in [-0.1, -0.05) is 6.07 Å². The van der Waals surface area contributed by atoms with E-state index in [-0.39, 0.29) is 23.9 Å². The first kappa shape index (κ1) is 16.5. The number of ether oxygens (including phenoxy) is 1. The molecule has 0 spiro atoms. The Kier molecular flexibility index (Phi) is 5.13. The zero-order valence-electron chi connectivity index (χ0n) is 13.8. The minimum absolute atomic E-state index is 0.0296. The van der Waals surface area contributed by atoms with E-state index >= 15 is 0 Å². The molecule has 3 rings (SSSR count). The van der Waals surface area contributed by atoms with Gasteiger partial charge in [-0.3, -0.25) is 4.79 Å². The lowest BCUT2D eigenvalue weighted by Crippen LogP contribution is -2.42. The molecule has 1 aromatic heterocycles. The number of piperidine rings is 1. The van der Waals surface area contributed by atoms with Crippen LogP contribution in [0.25, 0.3) is 0 Å². The van der Waals surface area contributed by atoms with Gasteiger partial charge in [0.05, 0.1) is 6.33 Å². The van der Waals surface area contributed by atoms with Gasteiger partial charge in [-0.2, -0.15) is 0 Å². The minimum atomic E-state index is -0.298. The van der Waals surface area contributed by atoms with Gasteiger partial charge in [0.2, 0.25) is 5.91 Å². The highest BCUT2D eigenvalue weighted by Gasteiger charge is 2.25. The quantitative estimate of drug-likeness (QED) is 0.846. The molecule has 1 aliphatic heterocycles. The number of hydrogen-bond acceptors (Lipinski definition) is 3. The lowest BCUT2D eigenvalue weighted by atomic mass is 10.1. The summed E-state index contributed by atoms with van der Waals surface area (Å²) >= 11 is 0. The molecule has 24 heavy (non-hydrogen) atoms. The Balaban J connectivity index is 1.47. The zero-order chi connectivity index (χ0) is 16.9. The molecule has 1 fully saturated rings. The van der Waals surface area contributed by atoms with Gasteiger partial charge in [0.1, 0.15) is 17.7 Å². The number of rotatable bonds is 5. The van der Waals surface area contributed by atoms with Crippen molar-refractivity contribution in [3.05, 3.63) is 48.8 Å². The molecule has 2 aromatic rings. The van der Waals surface area contributed by atoms with E-state index in [0.717, 1.165) is 12.8 Å². The van der Waals surface area contributed by atoms with Crippen molar-refractivity contribution in [1.29, 1.82) is 0 Å². The standard InChI is InChI=1S/C18H22FN3O2/c1-14(22-10-7-20-13-22)11-18(23)21-8-5-16(6-9-21)24-17-4-2-3-15(19)12-17/h2-4,7,10,12-14,16H,5-6,8-9,11H2,1H3. The molecule has 1 aromatic carbocycles. The third kappa shape index (κ3) is 4.13. The first-order chi connectivity index (χ1) is 11.6. The van der Waals surface area contributed by atoms with Crippen LogP contribution in [0.15, 0.2) is 43.0 Å². The van der Waals surface area contributed by atoms with Crippen LogP contribution in [0.2, 0.25) is 0 Å². The second-order valence-corrected chi connectivity index (χ2v) is 6.22. The molecule has 1 atom stereocenters. The van der Waals surface area contributed by atoms with Gasteiger partial charge in [0.15, 0.2) is 0 Å². The average Bonchev–Trinajstić information content (AvgIpc) is 3.10. The van der Waals surface area contributed by atoms with Crippen LogP contribution in [0, 0.1) is 5.82 Å². The summed E-state index contributed by atoms with van der Waals surface area (Å²) in [6, 6.07) is 6.29. The second kappa shape index (κ2) is 7.47. The monoisotopic (exact) mass is 331 g/mol. The topological polar surface area (TPSA) is 47.4 Å². The van der Waals surface area contributed by atoms with Crippen molar-refractivity contribution >= 4 is 5.91 Å². The predicted octanol–water partition coefficient (Wildman–Crippen LogP) is 3.04. The lowest BCUT2D eigenvalue weighted by Gasteiger charge is -2.33. The van der Waals surface area contributed by atoms with Crippen LogP contribution in [-0.4, -0.2) is 39.6 Å².